The van der Waals surface area contributed by atoms with E-state index < -0.39 is 11.9 Å². The second-order valence-electron chi connectivity index (χ2n) is 7.53. The Hall–Kier alpha value is -3.12. The summed E-state index contributed by atoms with van der Waals surface area (Å²) >= 11 is 1.41. The lowest BCUT2D eigenvalue weighted by Crippen LogP contribution is -2.50. The summed E-state index contributed by atoms with van der Waals surface area (Å²) in [7, 11) is 1.55. The number of hydrogen-bond donors (Lipinski definition) is 1. The average molecular weight is 451 g/mol. The third kappa shape index (κ3) is 6.44. The molecule has 3 aromatic rings. The van der Waals surface area contributed by atoms with Gasteiger partial charge in [0.2, 0.25) is 11.8 Å². The lowest BCUT2D eigenvalue weighted by Gasteiger charge is -2.31. The maximum Gasteiger partial charge on any atom is 0.242 e. The predicted molar refractivity (Wildman–Crippen MR) is 127 cm³/mol. The van der Waals surface area contributed by atoms with E-state index in [2.05, 4.69) is 5.32 Å². The number of carbonyl (C=O) groups is 2. The summed E-state index contributed by atoms with van der Waals surface area (Å²) in [6, 6.07) is 23.0. The number of benzene rings is 3. The fourth-order valence-electron chi connectivity index (χ4n) is 3.39. The van der Waals surface area contributed by atoms with Crippen molar-refractivity contribution in [1.82, 2.24) is 10.2 Å². The van der Waals surface area contributed by atoms with Crippen molar-refractivity contribution in [1.29, 1.82) is 0 Å². The summed E-state index contributed by atoms with van der Waals surface area (Å²) in [5.74, 6) is -0.742. The van der Waals surface area contributed by atoms with Crippen molar-refractivity contribution in [2.45, 2.75) is 30.8 Å². The van der Waals surface area contributed by atoms with Crippen LogP contribution in [0.3, 0.4) is 0 Å². The zero-order chi connectivity index (χ0) is 22.9. The van der Waals surface area contributed by atoms with E-state index in [0.717, 1.165) is 16.0 Å². The van der Waals surface area contributed by atoms with Gasteiger partial charge in [0, 0.05) is 30.5 Å². The van der Waals surface area contributed by atoms with Gasteiger partial charge in [-0.1, -0.05) is 66.2 Å². The molecule has 0 heterocycles. The van der Waals surface area contributed by atoms with Crippen LogP contribution in [0.15, 0.2) is 83.8 Å². The Morgan fingerprint density at radius 3 is 2.28 bits per heavy atom. The first-order chi connectivity index (χ1) is 15.5. The van der Waals surface area contributed by atoms with Crippen molar-refractivity contribution in [2.24, 2.45) is 0 Å². The zero-order valence-corrected chi connectivity index (χ0v) is 19.1. The Balaban J connectivity index is 1.87. The molecule has 0 aliphatic rings. The van der Waals surface area contributed by atoms with Gasteiger partial charge in [-0.05, 0) is 30.7 Å². The van der Waals surface area contributed by atoms with Gasteiger partial charge in [-0.2, -0.15) is 0 Å². The molecule has 0 saturated carbocycles. The van der Waals surface area contributed by atoms with Crippen LogP contribution in [0.25, 0.3) is 0 Å². The number of thioether (sulfide) groups is 1. The van der Waals surface area contributed by atoms with Crippen molar-refractivity contribution in [3.63, 3.8) is 0 Å². The molecule has 1 N–H and O–H groups in total. The van der Waals surface area contributed by atoms with E-state index in [4.69, 9.17) is 0 Å². The Morgan fingerprint density at radius 2 is 1.62 bits per heavy atom. The van der Waals surface area contributed by atoms with Crippen LogP contribution >= 0.6 is 11.8 Å². The van der Waals surface area contributed by atoms with E-state index in [1.807, 2.05) is 61.5 Å². The minimum Gasteiger partial charge on any atom is -0.357 e. The molecule has 2 amide bonds. The fourth-order valence-corrected chi connectivity index (χ4v) is 4.18. The predicted octanol–water partition coefficient (Wildman–Crippen LogP) is 4.61. The van der Waals surface area contributed by atoms with Crippen molar-refractivity contribution >= 4 is 23.6 Å². The number of halogens is 1. The van der Waals surface area contributed by atoms with Gasteiger partial charge >= 0.3 is 0 Å². The molecule has 3 rings (SSSR count). The lowest BCUT2D eigenvalue weighted by atomic mass is 10.0. The number of carbonyl (C=O) groups excluding carboxylic acids is 2. The molecule has 0 aliphatic carbocycles. The molecule has 0 unspecified atom stereocenters. The van der Waals surface area contributed by atoms with E-state index in [-0.39, 0.29) is 24.1 Å². The highest BCUT2D eigenvalue weighted by atomic mass is 32.2. The number of aryl methyl sites for hydroxylation is 1. The Kier molecular flexibility index (Phi) is 8.45. The van der Waals surface area contributed by atoms with E-state index >= 15 is 0 Å². The normalized spacial score (nSPS) is 11.6. The van der Waals surface area contributed by atoms with Gasteiger partial charge < -0.3 is 10.2 Å². The van der Waals surface area contributed by atoms with Crippen molar-refractivity contribution in [2.75, 3.05) is 12.8 Å². The number of amides is 2. The molecule has 4 nitrogen and oxygen atoms in total. The largest absolute Gasteiger partial charge is 0.357 e. The minimum absolute atomic E-state index is 0.0187. The third-order valence-corrected chi connectivity index (χ3v) is 6.20. The number of hydrogen-bond acceptors (Lipinski definition) is 3. The molecule has 0 bridgehead atoms. The third-order valence-electron chi connectivity index (χ3n) is 5.20. The van der Waals surface area contributed by atoms with Crippen LogP contribution in [0, 0.1) is 12.7 Å². The molecule has 0 saturated heterocycles. The van der Waals surface area contributed by atoms with Gasteiger partial charge in [0.25, 0.3) is 0 Å². The van der Waals surface area contributed by atoms with Crippen LogP contribution in [-0.4, -0.2) is 35.6 Å². The van der Waals surface area contributed by atoms with Gasteiger partial charge in [-0.25, -0.2) is 4.39 Å². The highest BCUT2D eigenvalue weighted by molar-refractivity contribution is 8.00. The Labute approximate surface area is 192 Å². The molecule has 1 atom stereocenters. The zero-order valence-electron chi connectivity index (χ0n) is 18.3. The van der Waals surface area contributed by atoms with Crippen molar-refractivity contribution in [3.8, 4) is 0 Å². The van der Waals surface area contributed by atoms with Crippen LogP contribution in [0.5, 0.6) is 0 Å². The molecule has 3 aromatic carbocycles. The van der Waals surface area contributed by atoms with Gasteiger partial charge in [0.1, 0.15) is 11.9 Å². The first kappa shape index (κ1) is 23.5. The summed E-state index contributed by atoms with van der Waals surface area (Å²) in [6.45, 7) is 2.03. The maximum absolute atomic E-state index is 14.4. The van der Waals surface area contributed by atoms with E-state index in [9.17, 15) is 14.0 Å². The van der Waals surface area contributed by atoms with Gasteiger partial charge in [-0.3, -0.25) is 9.59 Å². The summed E-state index contributed by atoms with van der Waals surface area (Å²) in [6.07, 6.45) is 0.343. The summed E-state index contributed by atoms with van der Waals surface area (Å²) in [5.41, 5.74) is 2.45. The van der Waals surface area contributed by atoms with Crippen LogP contribution in [0.2, 0.25) is 0 Å². The average Bonchev–Trinajstić information content (AvgIpc) is 2.82. The van der Waals surface area contributed by atoms with Gasteiger partial charge in [0.15, 0.2) is 0 Å². The molecule has 166 valence electrons. The monoisotopic (exact) mass is 450 g/mol. The van der Waals surface area contributed by atoms with Crippen LogP contribution in [0.4, 0.5) is 4.39 Å². The second-order valence-corrected chi connectivity index (χ2v) is 8.58. The standard InChI is InChI=1S/C26H27FN2O2S/c1-19-12-14-22(15-13-19)32-18-25(30)29(17-21-10-6-7-11-23(21)27)24(26(31)28-2)16-20-8-4-3-5-9-20/h3-15,24H,16-18H2,1-2H3,(H,28,31)/t24-/m1/s1. The smallest absolute Gasteiger partial charge is 0.242 e. The molecular formula is C26H27FN2O2S. The molecule has 6 heteroatoms. The topological polar surface area (TPSA) is 49.4 Å². The molecule has 32 heavy (non-hydrogen) atoms. The quantitative estimate of drug-likeness (QED) is 0.484. The fraction of sp³-hybridized carbons (Fsp3) is 0.231. The van der Waals surface area contributed by atoms with E-state index in [1.54, 1.807) is 25.2 Å². The van der Waals surface area contributed by atoms with Crippen LogP contribution in [0.1, 0.15) is 16.7 Å². The lowest BCUT2D eigenvalue weighted by molar-refractivity contribution is -0.139. The van der Waals surface area contributed by atoms with Gasteiger partial charge in [-0.15, -0.1) is 11.8 Å². The minimum atomic E-state index is -0.756. The van der Waals surface area contributed by atoms with E-state index in [0.29, 0.717) is 12.0 Å². The number of nitrogens with zero attached hydrogens (tertiary/aromatic N) is 1. The maximum atomic E-state index is 14.4. The summed E-state index contributed by atoms with van der Waals surface area (Å²) in [5, 5.41) is 2.67. The van der Waals surface area contributed by atoms with Crippen molar-refractivity contribution in [3.05, 3.63) is 101 Å². The highest BCUT2D eigenvalue weighted by Gasteiger charge is 2.30. The second kappa shape index (κ2) is 11.5. The van der Waals surface area contributed by atoms with Crippen molar-refractivity contribution < 1.29 is 14.0 Å². The number of likely N-dealkylation sites (N-methyl/N-ethyl adjacent to an activating group) is 1. The molecule has 0 aromatic heterocycles. The molecule has 0 radical (unpaired) electrons. The highest BCUT2D eigenvalue weighted by Crippen LogP contribution is 2.22. The molecule has 0 fully saturated rings. The summed E-state index contributed by atoms with van der Waals surface area (Å²) in [4.78, 5) is 28.7. The first-order valence-electron chi connectivity index (χ1n) is 10.5. The van der Waals surface area contributed by atoms with Gasteiger partial charge in [0.05, 0.1) is 5.75 Å². The first-order valence-corrected chi connectivity index (χ1v) is 11.4. The Bertz CT molecular complexity index is 1040. The van der Waals surface area contributed by atoms with Crippen LogP contribution < -0.4 is 5.32 Å². The summed E-state index contributed by atoms with van der Waals surface area (Å²) < 4.78 is 14.4. The van der Waals surface area contributed by atoms with E-state index in [1.165, 1.54) is 22.7 Å². The van der Waals surface area contributed by atoms with Crippen LogP contribution in [-0.2, 0) is 22.6 Å². The Morgan fingerprint density at radius 1 is 0.969 bits per heavy atom. The number of rotatable bonds is 9. The number of nitrogens with one attached hydrogen (secondary N) is 1. The molecule has 0 aliphatic heterocycles. The molecular weight excluding hydrogens is 423 g/mol. The SMILES string of the molecule is CNC(=O)[C@@H](Cc1ccccc1)N(Cc1ccccc1F)C(=O)CSc1ccc(C)cc1. The molecule has 0 spiro atoms.